The molecule has 1 amide bonds. The number of carbonyl (C=O) groups excluding carboxylic acids is 1. The first-order chi connectivity index (χ1) is 14.6. The van der Waals surface area contributed by atoms with E-state index in [2.05, 4.69) is 27.3 Å². The topological polar surface area (TPSA) is 54.5 Å². The molecule has 2 aromatic carbocycles. The van der Waals surface area contributed by atoms with Gasteiger partial charge in [0.05, 0.1) is 31.0 Å². The highest BCUT2D eigenvalue weighted by atomic mass is 32.1. The van der Waals surface area contributed by atoms with Gasteiger partial charge in [0, 0.05) is 36.6 Å². The second-order valence-electron chi connectivity index (χ2n) is 7.08. The van der Waals surface area contributed by atoms with Gasteiger partial charge in [0.1, 0.15) is 16.6 Å². The number of thiazole rings is 1. The molecule has 1 aliphatic rings. The number of aromatic nitrogens is 1. The first-order valence-electron chi connectivity index (χ1n) is 9.65. The Morgan fingerprint density at radius 2 is 1.90 bits per heavy atom. The number of nitrogens with one attached hydrogen (secondary N) is 1. The second-order valence-corrected chi connectivity index (χ2v) is 7.94. The molecule has 0 bridgehead atoms. The summed E-state index contributed by atoms with van der Waals surface area (Å²) in [5.74, 6) is -1.74. The van der Waals surface area contributed by atoms with Crippen molar-refractivity contribution in [3.63, 3.8) is 0 Å². The van der Waals surface area contributed by atoms with Crippen molar-refractivity contribution in [3.05, 3.63) is 70.7 Å². The van der Waals surface area contributed by atoms with E-state index in [9.17, 15) is 13.6 Å². The van der Waals surface area contributed by atoms with E-state index in [1.54, 1.807) is 5.38 Å². The molecule has 1 aromatic heterocycles. The van der Waals surface area contributed by atoms with Crippen molar-refractivity contribution < 1.29 is 18.3 Å². The predicted molar refractivity (Wildman–Crippen MR) is 112 cm³/mol. The molecule has 0 atom stereocenters. The van der Waals surface area contributed by atoms with Gasteiger partial charge in [-0.15, -0.1) is 11.3 Å². The van der Waals surface area contributed by atoms with Crippen LogP contribution in [0.2, 0.25) is 0 Å². The van der Waals surface area contributed by atoms with Gasteiger partial charge in [0.2, 0.25) is 5.91 Å². The van der Waals surface area contributed by atoms with Gasteiger partial charge in [0.25, 0.3) is 0 Å². The lowest BCUT2D eigenvalue weighted by atomic mass is 10.1. The molecule has 0 saturated carbocycles. The number of anilines is 1. The quantitative estimate of drug-likeness (QED) is 0.641. The van der Waals surface area contributed by atoms with Crippen LogP contribution in [0, 0.1) is 11.6 Å². The maximum atomic E-state index is 13.7. The van der Waals surface area contributed by atoms with Crippen LogP contribution in [0.5, 0.6) is 0 Å². The number of rotatable bonds is 6. The van der Waals surface area contributed by atoms with E-state index in [4.69, 9.17) is 4.74 Å². The number of ether oxygens (including phenoxy) is 1. The van der Waals surface area contributed by atoms with Gasteiger partial charge in [-0.3, -0.25) is 9.69 Å². The van der Waals surface area contributed by atoms with Gasteiger partial charge in [-0.05, 0) is 17.7 Å². The van der Waals surface area contributed by atoms with Crippen molar-refractivity contribution in [2.45, 2.75) is 13.0 Å². The van der Waals surface area contributed by atoms with Crippen LogP contribution in [0.25, 0.3) is 10.6 Å². The number of carbonyl (C=O) groups is 1. The fourth-order valence-electron chi connectivity index (χ4n) is 3.24. The van der Waals surface area contributed by atoms with Gasteiger partial charge >= 0.3 is 0 Å². The molecule has 0 spiro atoms. The number of hydrogen-bond acceptors (Lipinski definition) is 5. The van der Waals surface area contributed by atoms with Crippen LogP contribution < -0.4 is 5.32 Å². The third-order valence-corrected chi connectivity index (χ3v) is 5.75. The van der Waals surface area contributed by atoms with Crippen LogP contribution in [0.15, 0.2) is 47.8 Å². The zero-order valence-electron chi connectivity index (χ0n) is 16.2. The number of amides is 1. The molecule has 3 aromatic rings. The van der Waals surface area contributed by atoms with E-state index in [0.717, 1.165) is 61.6 Å². The predicted octanol–water partition coefficient (Wildman–Crippen LogP) is 4.10. The first-order valence-corrected chi connectivity index (χ1v) is 10.5. The van der Waals surface area contributed by atoms with Gasteiger partial charge in [-0.1, -0.05) is 24.3 Å². The fraction of sp³-hybridized carbons (Fsp3) is 0.273. The maximum absolute atomic E-state index is 13.7. The lowest BCUT2D eigenvalue weighted by Crippen LogP contribution is -2.35. The average Bonchev–Trinajstić information content (AvgIpc) is 3.20. The minimum absolute atomic E-state index is 0.0123. The summed E-state index contributed by atoms with van der Waals surface area (Å²) in [6.45, 7) is 4.33. The number of nitrogens with zero attached hydrogens (tertiary/aromatic N) is 2. The van der Waals surface area contributed by atoms with Gasteiger partial charge in [-0.25, -0.2) is 13.8 Å². The highest BCUT2D eigenvalue weighted by molar-refractivity contribution is 7.13. The standard InChI is InChI=1S/C22H21F2N3O2S/c23-17-5-6-19(24)20(11-17)26-21(28)12-18-14-30-22(25-18)16-3-1-15(2-4-16)13-27-7-9-29-10-8-27/h1-6,11,14H,7-10,12-13H2,(H,26,28). The van der Waals surface area contributed by atoms with Crippen molar-refractivity contribution in [3.8, 4) is 10.6 Å². The van der Waals surface area contributed by atoms with Crippen LogP contribution in [-0.4, -0.2) is 42.1 Å². The molecule has 0 aliphatic carbocycles. The second kappa shape index (κ2) is 9.42. The van der Waals surface area contributed by atoms with E-state index < -0.39 is 17.5 Å². The third kappa shape index (κ3) is 5.27. The Labute approximate surface area is 177 Å². The molecule has 1 saturated heterocycles. The SMILES string of the molecule is O=C(Cc1csc(-c2ccc(CN3CCOCC3)cc2)n1)Nc1cc(F)ccc1F. The van der Waals surface area contributed by atoms with Crippen molar-refractivity contribution in [2.24, 2.45) is 0 Å². The molecule has 2 heterocycles. The monoisotopic (exact) mass is 429 g/mol. The largest absolute Gasteiger partial charge is 0.379 e. The summed E-state index contributed by atoms with van der Waals surface area (Å²) in [7, 11) is 0. The molecule has 30 heavy (non-hydrogen) atoms. The molecule has 1 aliphatic heterocycles. The number of morpholine rings is 1. The minimum Gasteiger partial charge on any atom is -0.379 e. The molecule has 1 N–H and O–H groups in total. The Bertz CT molecular complexity index is 1020. The molecule has 156 valence electrons. The molecule has 5 nitrogen and oxygen atoms in total. The summed E-state index contributed by atoms with van der Waals surface area (Å²) in [5, 5.41) is 5.01. The van der Waals surface area contributed by atoms with E-state index in [0.29, 0.717) is 5.69 Å². The van der Waals surface area contributed by atoms with Crippen molar-refractivity contribution in [1.29, 1.82) is 0 Å². The van der Waals surface area contributed by atoms with E-state index >= 15 is 0 Å². The number of hydrogen-bond donors (Lipinski definition) is 1. The van der Waals surface area contributed by atoms with Crippen LogP contribution in [0.1, 0.15) is 11.3 Å². The average molecular weight is 429 g/mol. The zero-order valence-corrected chi connectivity index (χ0v) is 17.1. The molecule has 0 unspecified atom stereocenters. The zero-order chi connectivity index (χ0) is 20.9. The Balaban J connectivity index is 1.36. The normalized spacial score (nSPS) is 14.6. The molecule has 0 radical (unpaired) electrons. The van der Waals surface area contributed by atoms with Crippen molar-refractivity contribution >= 4 is 22.9 Å². The van der Waals surface area contributed by atoms with Gasteiger partial charge < -0.3 is 10.1 Å². The third-order valence-electron chi connectivity index (χ3n) is 4.81. The van der Waals surface area contributed by atoms with Crippen LogP contribution in [-0.2, 0) is 22.5 Å². The highest BCUT2D eigenvalue weighted by Gasteiger charge is 2.13. The lowest BCUT2D eigenvalue weighted by Gasteiger charge is -2.26. The maximum Gasteiger partial charge on any atom is 0.230 e. The molecule has 1 fully saturated rings. The van der Waals surface area contributed by atoms with Crippen LogP contribution >= 0.6 is 11.3 Å². The molecular formula is C22H21F2N3O2S. The summed E-state index contributed by atoms with van der Waals surface area (Å²) < 4.78 is 32.3. The number of benzene rings is 2. The number of halogens is 2. The molecular weight excluding hydrogens is 408 g/mol. The van der Waals surface area contributed by atoms with E-state index in [-0.39, 0.29) is 12.1 Å². The minimum atomic E-state index is -0.680. The summed E-state index contributed by atoms with van der Waals surface area (Å²) in [4.78, 5) is 19.0. The van der Waals surface area contributed by atoms with Crippen molar-refractivity contribution in [2.75, 3.05) is 31.6 Å². The summed E-state index contributed by atoms with van der Waals surface area (Å²) in [6, 6.07) is 11.2. The van der Waals surface area contributed by atoms with Crippen LogP contribution in [0.3, 0.4) is 0 Å². The Morgan fingerprint density at radius 1 is 1.13 bits per heavy atom. The summed E-state index contributed by atoms with van der Waals surface area (Å²) in [6.07, 6.45) is -0.0123. The fourth-order valence-corrected chi connectivity index (χ4v) is 4.07. The summed E-state index contributed by atoms with van der Waals surface area (Å²) >= 11 is 1.45. The lowest BCUT2D eigenvalue weighted by molar-refractivity contribution is -0.115. The molecule has 8 heteroatoms. The smallest absolute Gasteiger partial charge is 0.230 e. The van der Waals surface area contributed by atoms with Crippen LogP contribution in [0.4, 0.5) is 14.5 Å². The Hall–Kier alpha value is -2.68. The van der Waals surface area contributed by atoms with Gasteiger partial charge in [-0.2, -0.15) is 0 Å². The van der Waals surface area contributed by atoms with Gasteiger partial charge in [0.15, 0.2) is 0 Å². The van der Waals surface area contributed by atoms with Crippen molar-refractivity contribution in [1.82, 2.24) is 9.88 Å². The highest BCUT2D eigenvalue weighted by Crippen LogP contribution is 2.25. The summed E-state index contributed by atoms with van der Waals surface area (Å²) in [5.41, 5.74) is 2.62. The van der Waals surface area contributed by atoms with E-state index in [1.807, 2.05) is 12.1 Å². The Morgan fingerprint density at radius 3 is 2.67 bits per heavy atom. The molecule has 4 rings (SSSR count). The van der Waals surface area contributed by atoms with E-state index in [1.165, 1.54) is 16.9 Å². The first kappa shape index (κ1) is 20.6. The Kier molecular flexibility index (Phi) is 6.47.